The average molecular weight is 514 g/mol. The molecule has 0 aliphatic rings. The van der Waals surface area contributed by atoms with E-state index in [1.165, 1.54) is 0 Å². The van der Waals surface area contributed by atoms with Crippen molar-refractivity contribution >= 4 is 7.85 Å². The van der Waals surface area contributed by atoms with E-state index in [0.717, 1.165) is 85.1 Å². The number of hydrogen-bond donors (Lipinski definition) is 7. The molecule has 0 amide bonds. The molecule has 0 bridgehead atoms. The van der Waals surface area contributed by atoms with Gasteiger partial charge in [-0.2, -0.15) is 0 Å². The van der Waals surface area contributed by atoms with E-state index in [1.807, 2.05) is 6.92 Å². The van der Waals surface area contributed by atoms with E-state index in [1.54, 1.807) is 0 Å². The van der Waals surface area contributed by atoms with Gasteiger partial charge in [0.05, 0.1) is 7.85 Å². The summed E-state index contributed by atoms with van der Waals surface area (Å²) in [5.74, 6) is 0. The third kappa shape index (κ3) is 16.5. The van der Waals surface area contributed by atoms with Gasteiger partial charge >= 0.3 is 0 Å². The van der Waals surface area contributed by atoms with Crippen LogP contribution in [0.25, 0.3) is 0 Å². The molecule has 1 atom stereocenters. The van der Waals surface area contributed by atoms with Crippen molar-refractivity contribution in [3.8, 4) is 0 Å². The van der Waals surface area contributed by atoms with E-state index >= 15 is 0 Å². The monoisotopic (exact) mass is 514 g/mol. The van der Waals surface area contributed by atoms with Gasteiger partial charge in [0, 0.05) is 118 Å². The van der Waals surface area contributed by atoms with Crippen LogP contribution in [0, 0.1) is 5.41 Å². The molecular weight excluding hydrogens is 453 g/mol. The van der Waals surface area contributed by atoms with Gasteiger partial charge in [0.2, 0.25) is 0 Å². The van der Waals surface area contributed by atoms with E-state index in [0.29, 0.717) is 39.3 Å². The van der Waals surface area contributed by atoms with Crippen molar-refractivity contribution in [1.29, 1.82) is 0 Å². The molecule has 0 fully saturated rings. The predicted molar refractivity (Wildman–Crippen MR) is 156 cm³/mol. The quantitative estimate of drug-likeness (QED) is 0.0474. The zero-order valence-electron chi connectivity index (χ0n) is 23.8. The molecule has 0 saturated heterocycles. The molecule has 12 heteroatoms. The van der Waals surface area contributed by atoms with Crippen molar-refractivity contribution in [1.82, 2.24) is 24.9 Å². The molecule has 2 radical (unpaired) electrons. The van der Waals surface area contributed by atoms with E-state index < -0.39 is 5.44 Å². The molecule has 0 aliphatic carbocycles. The Morgan fingerprint density at radius 2 is 1.00 bits per heavy atom. The third-order valence-corrected chi connectivity index (χ3v) is 6.70. The fraction of sp³-hybridized carbons (Fsp3) is 1.00. The Morgan fingerprint density at radius 1 is 0.556 bits per heavy atom. The molecule has 0 rings (SSSR count). The SMILES string of the molecule is [B]C(C)(CN)N(CCN)CCN(CCN)CCN(CCN)CCNCCN(CCN)CC(C)(C)CN. The average Bonchev–Trinajstić information content (AvgIpc) is 2.84. The van der Waals surface area contributed by atoms with Crippen molar-refractivity contribution in [2.24, 2.45) is 39.8 Å². The van der Waals surface area contributed by atoms with Crippen LogP contribution in [0.4, 0.5) is 0 Å². The number of hydrogen-bond acceptors (Lipinski definition) is 11. The van der Waals surface area contributed by atoms with E-state index in [9.17, 15) is 0 Å². The summed E-state index contributed by atoms with van der Waals surface area (Å²) in [6, 6.07) is 0. The minimum Gasteiger partial charge on any atom is -0.330 e. The van der Waals surface area contributed by atoms with Gasteiger partial charge < -0.3 is 49.5 Å². The Hall–Kier alpha value is -0.375. The molecule has 11 nitrogen and oxygen atoms in total. The van der Waals surface area contributed by atoms with Gasteiger partial charge in [-0.1, -0.05) is 20.8 Å². The van der Waals surface area contributed by atoms with Crippen LogP contribution in [0.3, 0.4) is 0 Å². The van der Waals surface area contributed by atoms with Gasteiger partial charge in [0.15, 0.2) is 0 Å². The van der Waals surface area contributed by atoms with Gasteiger partial charge in [-0.15, -0.1) is 0 Å². The molecule has 0 spiro atoms. The summed E-state index contributed by atoms with van der Waals surface area (Å²) in [4.78, 5) is 9.36. The Balaban J connectivity index is 4.60. The second-order valence-corrected chi connectivity index (χ2v) is 10.8. The van der Waals surface area contributed by atoms with Crippen molar-refractivity contribution in [3.63, 3.8) is 0 Å². The molecular formula is C24H60BN11. The summed E-state index contributed by atoms with van der Waals surface area (Å²) < 4.78 is 0. The Labute approximate surface area is 223 Å². The highest BCUT2D eigenvalue weighted by atomic mass is 15.3. The van der Waals surface area contributed by atoms with Crippen LogP contribution in [-0.2, 0) is 0 Å². The molecule has 1 unspecified atom stereocenters. The Kier molecular flexibility index (Phi) is 20.4. The highest BCUT2D eigenvalue weighted by Gasteiger charge is 2.24. The zero-order valence-corrected chi connectivity index (χ0v) is 23.8. The van der Waals surface area contributed by atoms with Crippen LogP contribution in [0.15, 0.2) is 0 Å². The van der Waals surface area contributed by atoms with Crippen LogP contribution in [0.1, 0.15) is 20.8 Å². The highest BCUT2D eigenvalue weighted by Crippen LogP contribution is 2.14. The van der Waals surface area contributed by atoms with Gasteiger partial charge in [0.25, 0.3) is 0 Å². The molecule has 0 aromatic heterocycles. The summed E-state index contributed by atoms with van der Waals surface area (Å²) >= 11 is 0. The number of rotatable bonds is 25. The van der Waals surface area contributed by atoms with Crippen LogP contribution >= 0.6 is 0 Å². The van der Waals surface area contributed by atoms with E-state index in [-0.39, 0.29) is 5.41 Å². The summed E-state index contributed by atoms with van der Waals surface area (Å²) in [7, 11) is 6.38. The number of nitrogens with zero attached hydrogens (tertiary/aromatic N) is 4. The van der Waals surface area contributed by atoms with Gasteiger partial charge in [-0.3, -0.25) is 9.80 Å². The topological polar surface area (TPSA) is 181 Å². The van der Waals surface area contributed by atoms with Crippen molar-refractivity contribution in [3.05, 3.63) is 0 Å². The maximum atomic E-state index is 6.38. The molecule has 214 valence electrons. The van der Waals surface area contributed by atoms with Gasteiger partial charge in [-0.05, 0) is 17.4 Å². The first kappa shape index (κ1) is 35.6. The van der Waals surface area contributed by atoms with Crippen LogP contribution in [0.2, 0.25) is 0 Å². The molecule has 0 aromatic rings. The van der Waals surface area contributed by atoms with Crippen LogP contribution < -0.4 is 39.7 Å². The van der Waals surface area contributed by atoms with Crippen molar-refractivity contribution < 1.29 is 0 Å². The predicted octanol–water partition coefficient (Wildman–Crippen LogP) is -3.55. The highest BCUT2D eigenvalue weighted by molar-refractivity contribution is 6.15. The summed E-state index contributed by atoms with van der Waals surface area (Å²) in [6.45, 7) is 21.4. The zero-order chi connectivity index (χ0) is 27.5. The van der Waals surface area contributed by atoms with E-state index in [2.05, 4.69) is 38.8 Å². The molecule has 0 saturated carbocycles. The molecule has 0 heterocycles. The van der Waals surface area contributed by atoms with Gasteiger partial charge in [-0.25, -0.2) is 0 Å². The number of nitrogens with two attached hydrogens (primary N) is 6. The first-order chi connectivity index (χ1) is 17.1. The second kappa shape index (κ2) is 20.6. The van der Waals surface area contributed by atoms with E-state index in [4.69, 9.17) is 42.2 Å². The summed E-state index contributed by atoms with van der Waals surface area (Å²) in [6.07, 6.45) is 0. The lowest BCUT2D eigenvalue weighted by atomic mass is 9.78. The second-order valence-electron chi connectivity index (χ2n) is 10.8. The smallest absolute Gasteiger partial charge is 0.0971 e. The molecule has 0 aliphatic heterocycles. The van der Waals surface area contributed by atoms with Crippen LogP contribution in [0.5, 0.6) is 0 Å². The van der Waals surface area contributed by atoms with Crippen molar-refractivity contribution in [2.45, 2.75) is 26.2 Å². The lowest BCUT2D eigenvalue weighted by Gasteiger charge is -2.39. The maximum absolute atomic E-state index is 6.38. The fourth-order valence-electron chi connectivity index (χ4n) is 4.21. The lowest BCUT2D eigenvalue weighted by Crippen LogP contribution is -2.56. The lowest BCUT2D eigenvalue weighted by molar-refractivity contribution is 0.143. The molecule has 36 heavy (non-hydrogen) atoms. The maximum Gasteiger partial charge on any atom is 0.0971 e. The van der Waals surface area contributed by atoms with Gasteiger partial charge in [0.1, 0.15) is 0 Å². The fourth-order valence-corrected chi connectivity index (χ4v) is 4.21. The number of nitrogens with one attached hydrogen (secondary N) is 1. The first-order valence-electron chi connectivity index (χ1n) is 13.7. The molecule has 13 N–H and O–H groups in total. The standard InChI is InChI=1S/C24H60BN11/c1-23(2,20-30)22-35(12-6-28)15-9-32-8-14-33(10-4-26)16-17-34(11-5-27)18-19-36(13-7-29)24(3,25)21-31/h32H,4-22,26-31H2,1-3H3. The summed E-state index contributed by atoms with van der Waals surface area (Å²) in [5, 5.41) is 3.58. The largest absolute Gasteiger partial charge is 0.330 e. The first-order valence-corrected chi connectivity index (χ1v) is 13.7. The minimum absolute atomic E-state index is 0.0942. The van der Waals surface area contributed by atoms with Crippen molar-refractivity contribution in [2.75, 3.05) is 124 Å². The summed E-state index contributed by atoms with van der Waals surface area (Å²) in [5.41, 5.74) is 34.7. The third-order valence-electron chi connectivity index (χ3n) is 6.70. The molecule has 0 aromatic carbocycles. The minimum atomic E-state index is -0.565. The normalized spacial score (nSPS) is 14.5. The Morgan fingerprint density at radius 3 is 1.47 bits per heavy atom. The Bertz CT molecular complexity index is 510. The van der Waals surface area contributed by atoms with Crippen LogP contribution in [-0.4, -0.2) is 157 Å².